The van der Waals surface area contributed by atoms with Crippen LogP contribution >= 0.6 is 0 Å². The molecule has 3 heteroatoms. The third-order valence-electron chi connectivity index (χ3n) is 4.19. The molecule has 94 valence electrons. The fourth-order valence-corrected chi connectivity index (χ4v) is 2.95. The first-order valence-electron chi connectivity index (χ1n) is 6.73. The van der Waals surface area contributed by atoms with Crippen molar-refractivity contribution in [2.75, 3.05) is 40.4 Å². The molecule has 16 heavy (non-hydrogen) atoms. The van der Waals surface area contributed by atoms with Gasteiger partial charge in [-0.05, 0) is 39.3 Å². The summed E-state index contributed by atoms with van der Waals surface area (Å²) in [5.41, 5.74) is 0. The maximum absolute atomic E-state index is 5.59. The van der Waals surface area contributed by atoms with Crippen molar-refractivity contribution in [2.24, 2.45) is 11.8 Å². The normalized spacial score (nSPS) is 31.7. The molecule has 0 aromatic rings. The molecule has 1 saturated heterocycles. The molecule has 2 rings (SSSR count). The van der Waals surface area contributed by atoms with Gasteiger partial charge in [0.1, 0.15) is 0 Å². The monoisotopic (exact) mass is 226 g/mol. The van der Waals surface area contributed by atoms with E-state index < -0.39 is 0 Å². The van der Waals surface area contributed by atoms with Gasteiger partial charge in [0.15, 0.2) is 0 Å². The van der Waals surface area contributed by atoms with E-state index in [9.17, 15) is 0 Å². The van der Waals surface area contributed by atoms with Crippen LogP contribution in [0.1, 0.15) is 25.7 Å². The number of nitrogens with one attached hydrogen (secondary N) is 1. The van der Waals surface area contributed by atoms with Crippen molar-refractivity contribution in [3.05, 3.63) is 0 Å². The highest BCUT2D eigenvalue weighted by Gasteiger charge is 2.27. The van der Waals surface area contributed by atoms with E-state index in [2.05, 4.69) is 24.3 Å². The van der Waals surface area contributed by atoms with Gasteiger partial charge in [-0.15, -0.1) is 0 Å². The second-order valence-electron chi connectivity index (χ2n) is 5.54. The molecule has 1 aliphatic carbocycles. The van der Waals surface area contributed by atoms with E-state index in [1.807, 2.05) is 0 Å². The van der Waals surface area contributed by atoms with Crippen LogP contribution in [0, 0.1) is 11.8 Å². The zero-order chi connectivity index (χ0) is 11.4. The van der Waals surface area contributed by atoms with Crippen molar-refractivity contribution in [3.63, 3.8) is 0 Å². The Balaban J connectivity index is 1.72. The van der Waals surface area contributed by atoms with E-state index in [0.29, 0.717) is 12.0 Å². The molecular weight excluding hydrogens is 200 g/mol. The first-order chi connectivity index (χ1) is 7.79. The third-order valence-corrected chi connectivity index (χ3v) is 4.19. The number of hydrogen-bond donors (Lipinski definition) is 1. The molecule has 0 radical (unpaired) electrons. The van der Waals surface area contributed by atoms with Crippen molar-refractivity contribution in [1.82, 2.24) is 10.2 Å². The molecule has 2 unspecified atom stereocenters. The van der Waals surface area contributed by atoms with Crippen LogP contribution in [0.15, 0.2) is 0 Å². The molecule has 1 aliphatic heterocycles. The Morgan fingerprint density at radius 2 is 2.06 bits per heavy atom. The average molecular weight is 226 g/mol. The Kier molecular flexibility index (Phi) is 4.62. The van der Waals surface area contributed by atoms with Crippen LogP contribution in [0.25, 0.3) is 0 Å². The van der Waals surface area contributed by atoms with Gasteiger partial charge in [-0.1, -0.05) is 6.42 Å². The Morgan fingerprint density at radius 1 is 1.25 bits per heavy atom. The van der Waals surface area contributed by atoms with E-state index in [0.717, 1.165) is 19.1 Å². The molecular formula is C13H26N2O. The van der Waals surface area contributed by atoms with Crippen LogP contribution in [0.4, 0.5) is 0 Å². The highest BCUT2D eigenvalue weighted by atomic mass is 16.5. The summed E-state index contributed by atoms with van der Waals surface area (Å²) in [4.78, 5) is 2.51. The standard InChI is InChI=1S/C13H26N2O/c1-14-13-6-7-16-10-12(13)9-15(2)8-11-4-3-5-11/h11-14H,3-10H2,1-2H3. The lowest BCUT2D eigenvalue weighted by Gasteiger charge is -2.36. The summed E-state index contributed by atoms with van der Waals surface area (Å²) in [5, 5.41) is 3.43. The Labute approximate surface area is 99.5 Å². The highest BCUT2D eigenvalue weighted by molar-refractivity contribution is 4.81. The smallest absolute Gasteiger partial charge is 0.0521 e. The minimum Gasteiger partial charge on any atom is -0.381 e. The summed E-state index contributed by atoms with van der Waals surface area (Å²) in [6.45, 7) is 4.32. The molecule has 1 heterocycles. The molecule has 0 aromatic heterocycles. The summed E-state index contributed by atoms with van der Waals surface area (Å²) >= 11 is 0. The van der Waals surface area contributed by atoms with Gasteiger partial charge in [0.05, 0.1) is 6.61 Å². The lowest BCUT2D eigenvalue weighted by atomic mass is 9.85. The third kappa shape index (κ3) is 3.19. The molecule has 1 saturated carbocycles. The molecule has 0 amide bonds. The first kappa shape index (κ1) is 12.3. The summed E-state index contributed by atoms with van der Waals surface area (Å²) in [7, 11) is 4.34. The number of nitrogens with zero attached hydrogens (tertiary/aromatic N) is 1. The Hall–Kier alpha value is -0.120. The van der Waals surface area contributed by atoms with Crippen LogP contribution in [-0.4, -0.2) is 51.3 Å². The van der Waals surface area contributed by atoms with Crippen molar-refractivity contribution < 1.29 is 4.74 Å². The minimum absolute atomic E-state index is 0.651. The molecule has 1 N–H and O–H groups in total. The fraction of sp³-hybridized carbons (Fsp3) is 1.00. The molecule has 0 spiro atoms. The number of ether oxygens (including phenoxy) is 1. The predicted octanol–water partition coefficient (Wildman–Crippen LogP) is 1.34. The molecule has 0 aromatic carbocycles. The summed E-state index contributed by atoms with van der Waals surface area (Å²) in [6, 6.07) is 0.651. The van der Waals surface area contributed by atoms with Gasteiger partial charge in [0.2, 0.25) is 0 Å². The first-order valence-corrected chi connectivity index (χ1v) is 6.73. The van der Waals surface area contributed by atoms with Gasteiger partial charge in [-0.3, -0.25) is 0 Å². The van der Waals surface area contributed by atoms with E-state index >= 15 is 0 Å². The summed E-state index contributed by atoms with van der Waals surface area (Å²) < 4.78 is 5.59. The van der Waals surface area contributed by atoms with Gasteiger partial charge in [0, 0.05) is 31.7 Å². The SMILES string of the molecule is CNC1CCOCC1CN(C)CC1CCC1. The van der Waals surface area contributed by atoms with E-state index in [1.165, 1.54) is 38.8 Å². The Morgan fingerprint density at radius 3 is 2.69 bits per heavy atom. The highest BCUT2D eigenvalue weighted by Crippen LogP contribution is 2.27. The topological polar surface area (TPSA) is 24.5 Å². The maximum atomic E-state index is 5.59. The van der Waals surface area contributed by atoms with Gasteiger partial charge in [0.25, 0.3) is 0 Å². The number of hydrogen-bond acceptors (Lipinski definition) is 3. The quantitative estimate of drug-likeness (QED) is 0.766. The van der Waals surface area contributed by atoms with Crippen LogP contribution in [0.3, 0.4) is 0 Å². The van der Waals surface area contributed by atoms with Crippen LogP contribution in [0.5, 0.6) is 0 Å². The van der Waals surface area contributed by atoms with E-state index in [4.69, 9.17) is 4.74 Å². The summed E-state index contributed by atoms with van der Waals surface area (Å²) in [5.74, 6) is 1.64. The molecule has 2 atom stereocenters. The molecule has 2 fully saturated rings. The zero-order valence-electron chi connectivity index (χ0n) is 10.7. The lowest BCUT2D eigenvalue weighted by Crippen LogP contribution is -2.46. The van der Waals surface area contributed by atoms with Crippen LogP contribution in [-0.2, 0) is 4.74 Å². The van der Waals surface area contributed by atoms with Crippen molar-refractivity contribution in [2.45, 2.75) is 31.7 Å². The van der Waals surface area contributed by atoms with E-state index in [1.54, 1.807) is 0 Å². The van der Waals surface area contributed by atoms with Gasteiger partial charge in [-0.2, -0.15) is 0 Å². The maximum Gasteiger partial charge on any atom is 0.0521 e. The van der Waals surface area contributed by atoms with Crippen LogP contribution in [0.2, 0.25) is 0 Å². The molecule has 0 bridgehead atoms. The molecule has 3 nitrogen and oxygen atoms in total. The van der Waals surface area contributed by atoms with Crippen molar-refractivity contribution in [3.8, 4) is 0 Å². The van der Waals surface area contributed by atoms with Crippen LogP contribution < -0.4 is 5.32 Å². The second-order valence-corrected chi connectivity index (χ2v) is 5.54. The van der Waals surface area contributed by atoms with Crippen molar-refractivity contribution in [1.29, 1.82) is 0 Å². The minimum atomic E-state index is 0.651. The summed E-state index contributed by atoms with van der Waals surface area (Å²) in [6.07, 6.45) is 5.50. The lowest BCUT2D eigenvalue weighted by molar-refractivity contribution is 0.0184. The predicted molar refractivity (Wildman–Crippen MR) is 66.6 cm³/mol. The van der Waals surface area contributed by atoms with Gasteiger partial charge in [-0.25, -0.2) is 0 Å². The second kappa shape index (κ2) is 5.99. The van der Waals surface area contributed by atoms with Gasteiger partial charge < -0.3 is 15.0 Å². The molecule has 2 aliphatic rings. The van der Waals surface area contributed by atoms with E-state index in [-0.39, 0.29) is 0 Å². The number of rotatable bonds is 5. The average Bonchev–Trinajstić information content (AvgIpc) is 2.24. The van der Waals surface area contributed by atoms with Gasteiger partial charge >= 0.3 is 0 Å². The van der Waals surface area contributed by atoms with Crippen molar-refractivity contribution >= 4 is 0 Å². The zero-order valence-corrected chi connectivity index (χ0v) is 10.7. The fourth-order valence-electron chi connectivity index (χ4n) is 2.95. The largest absolute Gasteiger partial charge is 0.381 e. The Bertz CT molecular complexity index is 206.